The molecule has 2 atom stereocenters. The maximum Gasteiger partial charge on any atom is 0.430 e. The first-order chi connectivity index (χ1) is 14.4. The number of hydrogen-bond acceptors (Lipinski definition) is 8. The van der Waals surface area contributed by atoms with Gasteiger partial charge in [-0.3, -0.25) is 9.69 Å². The van der Waals surface area contributed by atoms with Crippen LogP contribution in [0.25, 0.3) is 5.65 Å². The molecule has 4 heterocycles. The fourth-order valence-electron chi connectivity index (χ4n) is 3.07. The van der Waals surface area contributed by atoms with Gasteiger partial charge in [-0.15, -0.1) is 11.8 Å². The summed E-state index contributed by atoms with van der Waals surface area (Å²) in [6, 6.07) is 2.86. The van der Waals surface area contributed by atoms with Gasteiger partial charge >= 0.3 is 17.8 Å². The molecule has 166 valence electrons. The fourth-order valence-corrected chi connectivity index (χ4v) is 4.35. The number of carboxylic acid groups (broad SMARTS) is 2. The van der Waals surface area contributed by atoms with Crippen LogP contribution < -0.4 is 21.1 Å². The Kier molecular flexibility index (Phi) is 5.82. The third kappa shape index (κ3) is 4.13. The topological polar surface area (TPSA) is 171 Å². The van der Waals surface area contributed by atoms with E-state index >= 15 is 0 Å². The summed E-state index contributed by atoms with van der Waals surface area (Å²) in [5, 5.41) is 22.2. The van der Waals surface area contributed by atoms with Crippen LogP contribution in [0.5, 0.6) is 0 Å². The SMILES string of the molecule is Nc1cc[n+](CC2=C(C(=O)O)N3C(=O)[C@@H](N)[C@@H]3SC2)c2ccnn12.O=C([O-])C(F)(F)F. The van der Waals surface area contributed by atoms with Gasteiger partial charge in [0.15, 0.2) is 0 Å². The fraction of sp³-hybridized carbons (Fsp3) is 0.312. The van der Waals surface area contributed by atoms with Gasteiger partial charge < -0.3 is 26.5 Å². The highest BCUT2D eigenvalue weighted by molar-refractivity contribution is 8.00. The van der Waals surface area contributed by atoms with Crippen LogP contribution in [0.1, 0.15) is 0 Å². The van der Waals surface area contributed by atoms with E-state index in [1.54, 1.807) is 29.0 Å². The molecule has 0 saturated carbocycles. The molecule has 2 aromatic heterocycles. The van der Waals surface area contributed by atoms with Crippen molar-refractivity contribution in [2.75, 3.05) is 11.5 Å². The van der Waals surface area contributed by atoms with E-state index in [2.05, 4.69) is 5.10 Å². The maximum absolute atomic E-state index is 12.0. The highest BCUT2D eigenvalue weighted by Crippen LogP contribution is 2.39. The number of aromatic nitrogens is 3. The normalized spacial score (nSPS) is 20.6. The maximum atomic E-state index is 12.0. The van der Waals surface area contributed by atoms with E-state index in [4.69, 9.17) is 21.4 Å². The van der Waals surface area contributed by atoms with Gasteiger partial charge in [0.25, 0.3) is 0 Å². The van der Waals surface area contributed by atoms with Gasteiger partial charge in [-0.05, 0) is 0 Å². The summed E-state index contributed by atoms with van der Waals surface area (Å²) in [5.41, 5.74) is 13.1. The van der Waals surface area contributed by atoms with Crippen LogP contribution in [-0.4, -0.2) is 60.8 Å². The second-order valence-electron chi connectivity index (χ2n) is 6.45. The van der Waals surface area contributed by atoms with Crippen molar-refractivity contribution in [1.29, 1.82) is 0 Å². The van der Waals surface area contributed by atoms with Crippen LogP contribution in [0.2, 0.25) is 0 Å². The number of nitrogens with zero attached hydrogens (tertiary/aromatic N) is 4. The summed E-state index contributed by atoms with van der Waals surface area (Å²) < 4.78 is 35.0. The predicted molar refractivity (Wildman–Crippen MR) is 96.6 cm³/mol. The highest BCUT2D eigenvalue weighted by Gasteiger charge is 2.51. The van der Waals surface area contributed by atoms with Crippen LogP contribution >= 0.6 is 11.8 Å². The number of nitrogen functional groups attached to an aromatic ring is 1. The molecule has 1 saturated heterocycles. The van der Waals surface area contributed by atoms with E-state index in [9.17, 15) is 27.9 Å². The largest absolute Gasteiger partial charge is 0.542 e. The number of fused-ring (bicyclic) bond motifs is 2. The summed E-state index contributed by atoms with van der Waals surface area (Å²) in [5.74, 6) is -3.48. The van der Waals surface area contributed by atoms with Crippen LogP contribution in [0.3, 0.4) is 0 Å². The van der Waals surface area contributed by atoms with Gasteiger partial charge in [0.2, 0.25) is 11.7 Å². The first-order valence-electron chi connectivity index (χ1n) is 8.49. The highest BCUT2D eigenvalue weighted by atomic mass is 32.2. The zero-order valence-electron chi connectivity index (χ0n) is 15.4. The van der Waals surface area contributed by atoms with Crippen molar-refractivity contribution in [1.82, 2.24) is 14.5 Å². The Morgan fingerprint density at radius 3 is 2.61 bits per heavy atom. The Hall–Kier alpha value is -3.33. The second kappa shape index (κ2) is 8.07. The van der Waals surface area contributed by atoms with E-state index in [0.717, 1.165) is 5.65 Å². The number of alkyl halides is 3. The van der Waals surface area contributed by atoms with Crippen molar-refractivity contribution in [2.24, 2.45) is 5.73 Å². The lowest BCUT2D eigenvalue weighted by Gasteiger charge is -2.47. The summed E-state index contributed by atoms with van der Waals surface area (Å²) in [7, 11) is 0. The van der Waals surface area contributed by atoms with E-state index in [1.807, 2.05) is 4.57 Å². The zero-order chi connectivity index (χ0) is 23.1. The summed E-state index contributed by atoms with van der Waals surface area (Å²) in [4.78, 5) is 33.8. The number of hydrogen-bond donors (Lipinski definition) is 3. The number of carbonyl (C=O) groups excluding carboxylic acids is 2. The Labute approximate surface area is 175 Å². The molecule has 0 spiro atoms. The van der Waals surface area contributed by atoms with Crippen molar-refractivity contribution in [3.8, 4) is 0 Å². The average molecular weight is 460 g/mol. The molecular formula is C16H15F3N6O5S. The molecule has 0 bridgehead atoms. The Morgan fingerprint density at radius 1 is 1.39 bits per heavy atom. The number of carboxylic acids is 2. The lowest BCUT2D eigenvalue weighted by Crippen LogP contribution is -2.68. The molecule has 4 rings (SSSR count). The van der Waals surface area contributed by atoms with Crippen molar-refractivity contribution in [3.63, 3.8) is 0 Å². The van der Waals surface area contributed by atoms with E-state index in [1.165, 1.54) is 16.7 Å². The Balaban J connectivity index is 0.000000339. The smallest absolute Gasteiger partial charge is 0.430 e. The number of carbonyl (C=O) groups is 3. The molecular weight excluding hydrogens is 445 g/mol. The summed E-state index contributed by atoms with van der Waals surface area (Å²) >= 11 is 1.48. The molecule has 2 aliphatic rings. The first kappa shape index (κ1) is 22.4. The van der Waals surface area contributed by atoms with Crippen LogP contribution in [0.4, 0.5) is 19.0 Å². The summed E-state index contributed by atoms with van der Waals surface area (Å²) in [6.45, 7) is 0.329. The number of aliphatic carboxylic acids is 2. The minimum Gasteiger partial charge on any atom is -0.542 e. The van der Waals surface area contributed by atoms with Crippen LogP contribution in [-0.2, 0) is 20.9 Å². The molecule has 0 unspecified atom stereocenters. The lowest BCUT2D eigenvalue weighted by molar-refractivity contribution is -0.666. The molecule has 1 fully saturated rings. The van der Waals surface area contributed by atoms with E-state index in [0.29, 0.717) is 23.7 Å². The van der Waals surface area contributed by atoms with E-state index in [-0.39, 0.29) is 17.0 Å². The molecule has 31 heavy (non-hydrogen) atoms. The van der Waals surface area contributed by atoms with Crippen molar-refractivity contribution in [2.45, 2.75) is 24.1 Å². The molecule has 0 radical (unpaired) electrons. The van der Waals surface area contributed by atoms with Gasteiger partial charge in [-0.25, -0.2) is 9.36 Å². The first-order valence-corrected chi connectivity index (χ1v) is 9.53. The van der Waals surface area contributed by atoms with Gasteiger partial charge in [-0.2, -0.15) is 13.2 Å². The number of β-lactam (4-membered cyclic amide) rings is 1. The number of halogens is 3. The van der Waals surface area contributed by atoms with Crippen molar-refractivity contribution in [3.05, 3.63) is 35.8 Å². The van der Waals surface area contributed by atoms with Crippen molar-refractivity contribution >= 4 is 41.1 Å². The molecule has 15 heteroatoms. The minimum absolute atomic E-state index is 0.0347. The number of rotatable bonds is 3. The molecule has 2 aromatic rings. The van der Waals surface area contributed by atoms with Crippen LogP contribution in [0, 0.1) is 0 Å². The van der Waals surface area contributed by atoms with Gasteiger partial charge in [0.05, 0.1) is 18.5 Å². The quantitative estimate of drug-likeness (QED) is 0.349. The molecule has 5 N–H and O–H groups in total. The third-order valence-corrected chi connectivity index (χ3v) is 5.83. The molecule has 1 amide bonds. The molecule has 2 aliphatic heterocycles. The summed E-state index contributed by atoms with van der Waals surface area (Å²) in [6.07, 6.45) is -1.79. The zero-order valence-corrected chi connectivity index (χ0v) is 16.3. The number of nitrogens with two attached hydrogens (primary N) is 2. The Morgan fingerprint density at radius 2 is 2.03 bits per heavy atom. The van der Waals surface area contributed by atoms with Gasteiger partial charge in [-0.1, -0.05) is 9.61 Å². The monoisotopic (exact) mass is 460 g/mol. The van der Waals surface area contributed by atoms with E-state index < -0.39 is 24.2 Å². The number of anilines is 1. The van der Waals surface area contributed by atoms with Crippen LogP contribution in [0.15, 0.2) is 35.8 Å². The standard InChI is InChI=1S/C14H14N6O3S.C2HF3O2/c15-8-2-4-18(9-1-3-17-20(8)9)5-7-6-24-13-10(16)12(21)19(13)11(7)14(22)23;3-2(4,5)1(6)7/h1-4,10,13,15H,5-6,16H2,(H,22,23);(H,6,7)/t10-,13+;/m1./s1. The molecule has 0 aliphatic carbocycles. The molecule has 11 nitrogen and oxygen atoms in total. The lowest BCUT2D eigenvalue weighted by atomic mass is 10.0. The second-order valence-corrected chi connectivity index (χ2v) is 7.55. The average Bonchev–Trinajstić information content (AvgIpc) is 3.19. The minimum atomic E-state index is -5.19. The Bertz CT molecular complexity index is 1100. The number of amides is 1. The van der Waals surface area contributed by atoms with Crippen molar-refractivity contribution < 1.29 is 42.3 Å². The number of thioether (sulfide) groups is 1. The van der Waals surface area contributed by atoms with Gasteiger partial charge in [0, 0.05) is 17.4 Å². The predicted octanol–water partition coefficient (Wildman–Crippen LogP) is -1.92. The van der Waals surface area contributed by atoms with Gasteiger partial charge in [0.1, 0.15) is 29.6 Å². The third-order valence-electron chi connectivity index (χ3n) is 4.47. The molecule has 0 aromatic carbocycles.